The number of H-pyrrole nitrogens is 1. The summed E-state index contributed by atoms with van der Waals surface area (Å²) in [6.07, 6.45) is 13.6. The van der Waals surface area contributed by atoms with Crippen LogP contribution in [0, 0.1) is 0 Å². The van der Waals surface area contributed by atoms with Gasteiger partial charge in [-0.1, -0.05) is 11.6 Å². The van der Waals surface area contributed by atoms with Crippen molar-refractivity contribution in [2.45, 2.75) is 50.2 Å². The molecule has 29 heavy (non-hydrogen) atoms. The first-order valence-electron chi connectivity index (χ1n) is 10.3. The fraction of sp³-hybridized carbons (Fsp3) is 0.381. The summed E-state index contributed by atoms with van der Waals surface area (Å²) < 4.78 is 4.04. The van der Waals surface area contributed by atoms with Crippen LogP contribution in [0.1, 0.15) is 49.0 Å². The van der Waals surface area contributed by atoms with Gasteiger partial charge in [-0.3, -0.25) is 9.78 Å². The Morgan fingerprint density at radius 1 is 1.00 bits per heavy atom. The fourth-order valence-corrected chi connectivity index (χ4v) is 5.45. The summed E-state index contributed by atoms with van der Waals surface area (Å²) >= 11 is 6.79. The molecule has 2 aliphatic heterocycles. The molecule has 7 nitrogen and oxygen atoms in total. The Balaban J connectivity index is 1.35. The van der Waals surface area contributed by atoms with Gasteiger partial charge in [0.15, 0.2) is 0 Å². The second-order valence-corrected chi connectivity index (χ2v) is 8.90. The normalized spacial score (nSPS) is 23.1. The molecule has 5 heterocycles. The number of anilines is 1. The lowest BCUT2D eigenvalue weighted by Crippen LogP contribution is -2.37. The molecule has 1 aliphatic carbocycles. The van der Waals surface area contributed by atoms with Crippen LogP contribution in [0.2, 0.25) is 5.02 Å². The van der Waals surface area contributed by atoms with E-state index in [1.165, 1.54) is 30.5 Å². The summed E-state index contributed by atoms with van der Waals surface area (Å²) in [5, 5.41) is 18.5. The predicted molar refractivity (Wildman–Crippen MR) is 111 cm³/mol. The van der Waals surface area contributed by atoms with E-state index >= 15 is 0 Å². The van der Waals surface area contributed by atoms with Crippen molar-refractivity contribution in [2.75, 3.05) is 4.90 Å². The first-order valence-corrected chi connectivity index (χ1v) is 10.7. The van der Waals surface area contributed by atoms with Crippen LogP contribution in [0.4, 0.5) is 5.69 Å². The van der Waals surface area contributed by atoms with Gasteiger partial charge in [0.25, 0.3) is 0 Å². The summed E-state index contributed by atoms with van der Waals surface area (Å²) in [6, 6.07) is 5.60. The summed E-state index contributed by atoms with van der Waals surface area (Å²) in [6.45, 7) is 0. The predicted octanol–water partition coefficient (Wildman–Crippen LogP) is 4.20. The van der Waals surface area contributed by atoms with Crippen molar-refractivity contribution >= 4 is 28.2 Å². The van der Waals surface area contributed by atoms with E-state index in [9.17, 15) is 0 Å². The van der Waals surface area contributed by atoms with Gasteiger partial charge in [-0.2, -0.15) is 15.3 Å². The zero-order valence-corrected chi connectivity index (χ0v) is 16.5. The molecule has 2 unspecified atom stereocenters. The van der Waals surface area contributed by atoms with Crippen molar-refractivity contribution in [1.82, 2.24) is 29.8 Å². The topological polar surface area (TPSA) is 67.6 Å². The van der Waals surface area contributed by atoms with Crippen molar-refractivity contribution < 1.29 is 0 Å². The zero-order valence-electron chi connectivity index (χ0n) is 15.8. The molecule has 1 saturated heterocycles. The quantitative estimate of drug-likeness (QED) is 0.554. The van der Waals surface area contributed by atoms with Crippen LogP contribution in [0.3, 0.4) is 0 Å². The highest BCUT2D eigenvalue weighted by Crippen LogP contribution is 2.48. The molecular weight excluding hydrogens is 386 g/mol. The van der Waals surface area contributed by atoms with Gasteiger partial charge < -0.3 is 4.90 Å². The minimum atomic E-state index is 0.339. The van der Waals surface area contributed by atoms with Gasteiger partial charge in [0.2, 0.25) is 0 Å². The molecule has 2 bridgehead atoms. The van der Waals surface area contributed by atoms with E-state index in [2.05, 4.69) is 42.2 Å². The third kappa shape index (κ3) is 2.28. The molecule has 7 rings (SSSR count). The largest absolute Gasteiger partial charge is 0.360 e. The van der Waals surface area contributed by atoms with Crippen molar-refractivity contribution in [2.24, 2.45) is 0 Å². The monoisotopic (exact) mass is 405 g/mol. The number of nitrogens with one attached hydrogen (secondary N) is 1. The Labute approximate surface area is 172 Å². The van der Waals surface area contributed by atoms with E-state index in [4.69, 9.17) is 11.6 Å². The van der Waals surface area contributed by atoms with Gasteiger partial charge in [-0.15, -0.1) is 0 Å². The van der Waals surface area contributed by atoms with Crippen molar-refractivity contribution in [3.8, 4) is 5.69 Å². The Hall–Kier alpha value is -2.80. The van der Waals surface area contributed by atoms with Crippen LogP contribution in [0.5, 0.6) is 0 Å². The minimum absolute atomic E-state index is 0.339. The number of fused-ring (bicyclic) bond motifs is 5. The maximum Gasteiger partial charge on any atom is 0.103 e. The Morgan fingerprint density at radius 2 is 1.90 bits per heavy atom. The maximum atomic E-state index is 6.79. The zero-order chi connectivity index (χ0) is 19.1. The Bertz CT molecular complexity index is 1250. The first-order chi connectivity index (χ1) is 14.3. The molecule has 1 N–H and O–H groups in total. The second-order valence-electron chi connectivity index (χ2n) is 8.49. The SMILES string of the molecule is Clc1cc2cnn(-c3cnn(C4CC4)c3)c2cc1N1C2CCC1c1cn[nH]c1C2. The van der Waals surface area contributed by atoms with Gasteiger partial charge in [0, 0.05) is 29.1 Å². The third-order valence-electron chi connectivity index (χ3n) is 6.72. The molecule has 2 atom stereocenters. The number of rotatable bonds is 3. The van der Waals surface area contributed by atoms with E-state index in [0.717, 1.165) is 40.1 Å². The Morgan fingerprint density at radius 3 is 2.79 bits per heavy atom. The number of aromatic nitrogens is 6. The molecule has 1 saturated carbocycles. The lowest BCUT2D eigenvalue weighted by molar-refractivity contribution is 0.593. The number of hydrogen-bond donors (Lipinski definition) is 1. The van der Waals surface area contributed by atoms with E-state index in [1.54, 1.807) is 0 Å². The molecular formula is C21H20ClN7. The molecule has 3 aliphatic rings. The molecule has 0 spiro atoms. The second kappa shape index (κ2) is 5.63. The van der Waals surface area contributed by atoms with E-state index in [0.29, 0.717) is 18.1 Å². The molecule has 1 aromatic carbocycles. The molecule has 3 aromatic heterocycles. The number of nitrogens with zero attached hydrogens (tertiary/aromatic N) is 6. The number of hydrogen-bond acceptors (Lipinski definition) is 4. The van der Waals surface area contributed by atoms with Gasteiger partial charge in [0.05, 0.1) is 53.1 Å². The lowest BCUT2D eigenvalue weighted by atomic mass is 9.99. The van der Waals surface area contributed by atoms with Gasteiger partial charge in [-0.25, -0.2) is 4.68 Å². The standard InChI is InChI=1S/C21H20ClN7/c22-17-5-12-8-25-29(15-9-24-27(11-15)13-1-2-13)20(12)7-21(17)28-14-3-4-19(28)16-10-23-26-18(16)6-14/h5,7-11,13-14,19H,1-4,6H2,(H,23,26). The first kappa shape index (κ1) is 16.0. The van der Waals surface area contributed by atoms with Crippen LogP contribution in [0.15, 0.2) is 36.9 Å². The summed E-state index contributed by atoms with van der Waals surface area (Å²) in [5.74, 6) is 0. The van der Waals surface area contributed by atoms with E-state index in [1.807, 2.05) is 29.3 Å². The number of halogens is 1. The summed E-state index contributed by atoms with van der Waals surface area (Å²) in [4.78, 5) is 2.50. The average molecular weight is 406 g/mol. The van der Waals surface area contributed by atoms with Crippen LogP contribution < -0.4 is 4.90 Å². The van der Waals surface area contributed by atoms with Crippen LogP contribution >= 0.6 is 11.6 Å². The fourth-order valence-electron chi connectivity index (χ4n) is 5.18. The molecule has 8 heteroatoms. The highest BCUT2D eigenvalue weighted by Gasteiger charge is 2.41. The van der Waals surface area contributed by atoms with Crippen molar-refractivity contribution in [3.05, 3.63) is 53.2 Å². The van der Waals surface area contributed by atoms with E-state index in [-0.39, 0.29) is 0 Å². The van der Waals surface area contributed by atoms with Crippen molar-refractivity contribution in [3.63, 3.8) is 0 Å². The van der Waals surface area contributed by atoms with Crippen LogP contribution in [-0.4, -0.2) is 35.8 Å². The average Bonchev–Trinajstić information content (AvgIpc) is 3.09. The number of benzene rings is 1. The maximum absolute atomic E-state index is 6.79. The van der Waals surface area contributed by atoms with Crippen LogP contribution in [-0.2, 0) is 6.42 Å². The van der Waals surface area contributed by atoms with Gasteiger partial charge in [-0.05, 0) is 37.8 Å². The molecule has 0 amide bonds. The molecule has 4 aromatic rings. The lowest BCUT2D eigenvalue weighted by Gasteiger charge is -2.37. The Kier molecular flexibility index (Phi) is 3.12. The smallest absolute Gasteiger partial charge is 0.103 e. The van der Waals surface area contributed by atoms with E-state index < -0.39 is 0 Å². The molecule has 0 radical (unpaired) electrons. The third-order valence-corrected chi connectivity index (χ3v) is 7.02. The minimum Gasteiger partial charge on any atom is -0.360 e. The summed E-state index contributed by atoms with van der Waals surface area (Å²) in [5.41, 5.74) is 5.75. The van der Waals surface area contributed by atoms with Crippen LogP contribution in [0.25, 0.3) is 16.6 Å². The highest BCUT2D eigenvalue weighted by molar-refractivity contribution is 6.34. The number of aromatic amines is 1. The summed E-state index contributed by atoms with van der Waals surface area (Å²) in [7, 11) is 0. The van der Waals surface area contributed by atoms with Gasteiger partial charge >= 0.3 is 0 Å². The van der Waals surface area contributed by atoms with Crippen molar-refractivity contribution in [1.29, 1.82) is 0 Å². The van der Waals surface area contributed by atoms with Gasteiger partial charge in [0.1, 0.15) is 5.69 Å². The molecule has 2 fully saturated rings. The highest BCUT2D eigenvalue weighted by atomic mass is 35.5. The molecule has 146 valence electrons.